The van der Waals surface area contributed by atoms with E-state index in [1.165, 1.54) is 28.6 Å². The average Bonchev–Trinajstić information content (AvgIpc) is 3.41. The maximum atomic E-state index is 13.3. The third-order valence-electron chi connectivity index (χ3n) is 6.42. The van der Waals surface area contributed by atoms with Gasteiger partial charge in [0.2, 0.25) is 0 Å². The number of nitrogens with one attached hydrogen (secondary N) is 1. The summed E-state index contributed by atoms with van der Waals surface area (Å²) < 4.78 is 45.6. The highest BCUT2D eigenvalue weighted by atomic mass is 19.4. The van der Waals surface area contributed by atoms with Gasteiger partial charge in [0.05, 0.1) is 6.20 Å². The van der Waals surface area contributed by atoms with Crippen molar-refractivity contribution in [2.75, 3.05) is 31.6 Å². The topological polar surface area (TPSA) is 65.4 Å². The zero-order valence-corrected chi connectivity index (χ0v) is 18.9. The molecule has 0 aliphatic carbocycles. The van der Waals surface area contributed by atoms with Crippen molar-refractivity contribution >= 4 is 22.7 Å². The molecule has 1 saturated heterocycles. The lowest BCUT2D eigenvalue weighted by Crippen LogP contribution is -2.57. The molecule has 1 aliphatic heterocycles. The minimum absolute atomic E-state index is 0.0735. The van der Waals surface area contributed by atoms with E-state index in [9.17, 15) is 18.0 Å². The van der Waals surface area contributed by atoms with Gasteiger partial charge in [-0.2, -0.15) is 13.2 Å². The van der Waals surface area contributed by atoms with Gasteiger partial charge in [-0.1, -0.05) is 31.5 Å². The van der Waals surface area contributed by atoms with Crippen molar-refractivity contribution < 1.29 is 22.4 Å². The molecule has 178 valence electrons. The zero-order valence-electron chi connectivity index (χ0n) is 18.9. The van der Waals surface area contributed by atoms with Crippen LogP contribution < -0.4 is 4.90 Å². The normalized spacial score (nSPS) is 18.7. The van der Waals surface area contributed by atoms with E-state index in [2.05, 4.69) is 23.0 Å². The fourth-order valence-electron chi connectivity index (χ4n) is 4.60. The second-order valence-corrected chi connectivity index (χ2v) is 8.84. The van der Waals surface area contributed by atoms with E-state index in [0.29, 0.717) is 13.0 Å². The van der Waals surface area contributed by atoms with Crippen LogP contribution in [0.1, 0.15) is 42.3 Å². The number of Topliss-reactive ketones (excluding diaryl/α,β-unsaturated/α-hetero) is 1. The van der Waals surface area contributed by atoms with Crippen LogP contribution in [0.4, 0.5) is 19.2 Å². The fraction of sp³-hybridized carbons (Fsp3) is 0.500. The molecule has 6 nitrogen and oxygen atoms in total. The Balaban J connectivity index is 1.43. The molecular formula is C24H29F3N4O2. The largest absolute Gasteiger partial charge is 0.420 e. The van der Waals surface area contributed by atoms with Crippen molar-refractivity contribution in [2.24, 2.45) is 5.92 Å². The Kier molecular flexibility index (Phi) is 6.78. The molecule has 9 heteroatoms. The standard InChI is InChI=1S/C24H29F3N4O2/c1-3-6-16(11-17-13-28-19-8-5-4-7-18(17)19)12-20(32)21-14-29-23(33-21)31-10-9-30(2)22(15-31)24(25,26)27/h4-5,7-8,13-14,16,22,28H,3,6,9-12,15H2,1-2H3. The van der Waals surface area contributed by atoms with Crippen LogP contribution in [0.15, 0.2) is 41.1 Å². The number of oxazole rings is 1. The number of fused-ring (bicyclic) bond motifs is 1. The Morgan fingerprint density at radius 1 is 1.30 bits per heavy atom. The predicted octanol–water partition coefficient (Wildman–Crippen LogP) is 5.07. The first-order valence-corrected chi connectivity index (χ1v) is 11.3. The maximum absolute atomic E-state index is 13.3. The number of halogens is 3. The molecule has 3 heterocycles. The molecular weight excluding hydrogens is 433 g/mol. The first-order valence-electron chi connectivity index (χ1n) is 11.3. The highest BCUT2D eigenvalue weighted by Crippen LogP contribution is 2.30. The van der Waals surface area contributed by atoms with Crippen LogP contribution in [0.3, 0.4) is 0 Å². The van der Waals surface area contributed by atoms with E-state index in [1.807, 2.05) is 24.4 Å². The molecule has 4 rings (SSSR count). The Bertz CT molecular complexity index is 1090. The zero-order chi connectivity index (χ0) is 23.6. The number of rotatable bonds is 8. The maximum Gasteiger partial charge on any atom is 0.405 e. The second kappa shape index (κ2) is 9.59. The van der Waals surface area contributed by atoms with Crippen LogP contribution in [0.25, 0.3) is 10.9 Å². The number of nitrogens with zero attached hydrogens (tertiary/aromatic N) is 3. The minimum Gasteiger partial charge on any atom is -0.420 e. The van der Waals surface area contributed by atoms with Gasteiger partial charge in [0.15, 0.2) is 11.5 Å². The number of piperazine rings is 1. The monoisotopic (exact) mass is 462 g/mol. The number of hydrogen-bond donors (Lipinski definition) is 1. The first kappa shape index (κ1) is 23.4. The van der Waals surface area contributed by atoms with Gasteiger partial charge in [0.1, 0.15) is 6.04 Å². The number of ketones is 1. The molecule has 0 amide bonds. The minimum atomic E-state index is -4.34. The Morgan fingerprint density at radius 2 is 2.09 bits per heavy atom. The van der Waals surface area contributed by atoms with Crippen molar-refractivity contribution in [1.29, 1.82) is 0 Å². The Labute approximate surface area is 190 Å². The lowest BCUT2D eigenvalue weighted by molar-refractivity contribution is -0.180. The van der Waals surface area contributed by atoms with Crippen LogP contribution in [0.2, 0.25) is 0 Å². The number of anilines is 1. The van der Waals surface area contributed by atoms with Gasteiger partial charge in [0, 0.05) is 43.2 Å². The number of hydrogen-bond acceptors (Lipinski definition) is 5. The van der Waals surface area contributed by atoms with Crippen LogP contribution in [-0.2, 0) is 6.42 Å². The fourth-order valence-corrected chi connectivity index (χ4v) is 4.60. The summed E-state index contributed by atoms with van der Waals surface area (Å²) in [5.74, 6) is 0.0644. The summed E-state index contributed by atoms with van der Waals surface area (Å²) in [6.45, 7) is 2.41. The first-order chi connectivity index (χ1) is 15.8. The van der Waals surface area contributed by atoms with Crippen LogP contribution in [-0.4, -0.2) is 59.6 Å². The highest BCUT2D eigenvalue weighted by molar-refractivity contribution is 5.93. The van der Waals surface area contributed by atoms with Crippen LogP contribution in [0, 0.1) is 5.92 Å². The third kappa shape index (κ3) is 5.24. The molecule has 0 radical (unpaired) electrons. The van der Waals surface area contributed by atoms with Gasteiger partial charge in [-0.05, 0) is 37.4 Å². The number of alkyl halides is 3. The van der Waals surface area contributed by atoms with Gasteiger partial charge in [-0.15, -0.1) is 0 Å². The van der Waals surface area contributed by atoms with E-state index in [4.69, 9.17) is 4.42 Å². The van der Waals surface area contributed by atoms with Crippen molar-refractivity contribution in [1.82, 2.24) is 14.9 Å². The summed E-state index contributed by atoms with van der Waals surface area (Å²) in [6, 6.07) is 6.55. The number of aromatic nitrogens is 2. The molecule has 0 saturated carbocycles. The molecule has 33 heavy (non-hydrogen) atoms. The molecule has 0 spiro atoms. The van der Waals surface area contributed by atoms with E-state index in [0.717, 1.165) is 30.2 Å². The number of carbonyl (C=O) groups excluding carboxylic acids is 1. The molecule has 1 aliphatic rings. The SMILES string of the molecule is CCCC(CC(=O)c1cnc(N2CCN(C)C(C(F)(F)F)C2)o1)Cc1c[nH]c2ccccc12. The van der Waals surface area contributed by atoms with Gasteiger partial charge in [-0.3, -0.25) is 9.69 Å². The lowest BCUT2D eigenvalue weighted by atomic mass is 9.90. The third-order valence-corrected chi connectivity index (χ3v) is 6.42. The van der Waals surface area contributed by atoms with E-state index < -0.39 is 12.2 Å². The molecule has 0 bridgehead atoms. The Hall–Kier alpha value is -2.81. The molecule has 1 aromatic carbocycles. The van der Waals surface area contributed by atoms with E-state index in [-0.39, 0.29) is 36.6 Å². The molecule has 2 unspecified atom stereocenters. The van der Waals surface area contributed by atoms with E-state index >= 15 is 0 Å². The summed E-state index contributed by atoms with van der Waals surface area (Å²) in [5.41, 5.74) is 2.24. The van der Waals surface area contributed by atoms with Gasteiger partial charge in [0.25, 0.3) is 6.01 Å². The van der Waals surface area contributed by atoms with Crippen LogP contribution in [0.5, 0.6) is 0 Å². The molecule has 2 aromatic heterocycles. The number of aromatic amines is 1. The molecule has 1 fully saturated rings. The van der Waals surface area contributed by atoms with Crippen molar-refractivity contribution in [3.05, 3.63) is 48.0 Å². The average molecular weight is 463 g/mol. The number of H-pyrrole nitrogens is 1. The van der Waals surface area contributed by atoms with Crippen molar-refractivity contribution in [3.8, 4) is 0 Å². The van der Waals surface area contributed by atoms with E-state index in [1.54, 1.807) is 0 Å². The number of benzene rings is 1. The van der Waals surface area contributed by atoms with Crippen LogP contribution >= 0.6 is 0 Å². The van der Waals surface area contributed by atoms with Crippen molar-refractivity contribution in [2.45, 2.75) is 44.8 Å². The van der Waals surface area contributed by atoms with Gasteiger partial charge < -0.3 is 14.3 Å². The molecule has 1 N–H and O–H groups in total. The summed E-state index contributed by atoms with van der Waals surface area (Å²) in [7, 11) is 1.46. The second-order valence-electron chi connectivity index (χ2n) is 8.84. The number of para-hydroxylation sites is 1. The van der Waals surface area contributed by atoms with Crippen molar-refractivity contribution in [3.63, 3.8) is 0 Å². The lowest BCUT2D eigenvalue weighted by Gasteiger charge is -2.39. The highest BCUT2D eigenvalue weighted by Gasteiger charge is 2.45. The summed E-state index contributed by atoms with van der Waals surface area (Å²) >= 11 is 0. The molecule has 2 atom stereocenters. The number of carbonyl (C=O) groups is 1. The summed E-state index contributed by atoms with van der Waals surface area (Å²) in [5, 5.41) is 1.15. The quantitative estimate of drug-likeness (QED) is 0.474. The summed E-state index contributed by atoms with van der Waals surface area (Å²) in [6.07, 6.45) is 1.89. The molecule has 3 aromatic rings. The summed E-state index contributed by atoms with van der Waals surface area (Å²) in [4.78, 5) is 23.1. The van der Waals surface area contributed by atoms with Gasteiger partial charge >= 0.3 is 6.18 Å². The number of likely N-dealkylation sites (N-methyl/N-ethyl adjacent to an activating group) is 1. The Morgan fingerprint density at radius 3 is 2.85 bits per heavy atom. The smallest absolute Gasteiger partial charge is 0.405 e. The predicted molar refractivity (Wildman–Crippen MR) is 121 cm³/mol. The van der Waals surface area contributed by atoms with Gasteiger partial charge in [-0.25, -0.2) is 4.98 Å².